The fourth-order valence-electron chi connectivity index (χ4n) is 1.97. The lowest BCUT2D eigenvalue weighted by Crippen LogP contribution is -2.03. The van der Waals surface area contributed by atoms with Gasteiger partial charge in [-0.3, -0.25) is 0 Å². The molecule has 5 heteroatoms. The SMILES string of the molecule is Cc1cc2c(NCc3ccc(Br)cc3)nccn2n1. The lowest BCUT2D eigenvalue weighted by atomic mass is 10.2. The number of fused-ring (bicyclic) bond motifs is 1. The van der Waals surface area contributed by atoms with Crippen molar-refractivity contribution in [1.29, 1.82) is 0 Å². The summed E-state index contributed by atoms with van der Waals surface area (Å²) >= 11 is 3.43. The predicted octanol–water partition coefficient (Wildman–Crippen LogP) is 3.41. The van der Waals surface area contributed by atoms with Crippen molar-refractivity contribution >= 4 is 27.3 Å². The van der Waals surface area contributed by atoms with Crippen molar-refractivity contribution in [3.63, 3.8) is 0 Å². The first kappa shape index (κ1) is 12.2. The van der Waals surface area contributed by atoms with E-state index in [1.54, 1.807) is 6.20 Å². The number of aromatic nitrogens is 3. The van der Waals surface area contributed by atoms with E-state index in [2.05, 4.69) is 43.5 Å². The van der Waals surface area contributed by atoms with Crippen LogP contribution in [0.5, 0.6) is 0 Å². The van der Waals surface area contributed by atoms with Crippen LogP contribution in [0.15, 0.2) is 47.2 Å². The van der Waals surface area contributed by atoms with Crippen molar-refractivity contribution in [3.05, 3.63) is 58.5 Å². The van der Waals surface area contributed by atoms with Crippen molar-refractivity contribution in [3.8, 4) is 0 Å². The monoisotopic (exact) mass is 316 g/mol. The highest BCUT2D eigenvalue weighted by Gasteiger charge is 2.04. The highest BCUT2D eigenvalue weighted by molar-refractivity contribution is 9.10. The molecule has 0 aliphatic heterocycles. The summed E-state index contributed by atoms with van der Waals surface area (Å²) in [6.07, 6.45) is 3.61. The molecular formula is C14H13BrN4. The van der Waals surface area contributed by atoms with E-state index in [0.717, 1.165) is 28.0 Å². The van der Waals surface area contributed by atoms with E-state index in [9.17, 15) is 0 Å². The van der Waals surface area contributed by atoms with Crippen LogP contribution >= 0.6 is 15.9 Å². The summed E-state index contributed by atoms with van der Waals surface area (Å²) in [6, 6.07) is 10.3. The van der Waals surface area contributed by atoms with Crippen LogP contribution < -0.4 is 5.32 Å². The van der Waals surface area contributed by atoms with Crippen molar-refractivity contribution in [1.82, 2.24) is 14.6 Å². The van der Waals surface area contributed by atoms with Gasteiger partial charge in [0.2, 0.25) is 0 Å². The van der Waals surface area contributed by atoms with Crippen LogP contribution in [0.2, 0.25) is 0 Å². The number of hydrogen-bond acceptors (Lipinski definition) is 3. The third-order valence-corrected chi connectivity index (χ3v) is 3.41. The first-order valence-electron chi connectivity index (χ1n) is 6.02. The highest BCUT2D eigenvalue weighted by atomic mass is 79.9. The maximum absolute atomic E-state index is 4.37. The molecule has 3 rings (SSSR count). The second-order valence-electron chi connectivity index (χ2n) is 4.37. The number of nitrogens with one attached hydrogen (secondary N) is 1. The molecule has 19 heavy (non-hydrogen) atoms. The topological polar surface area (TPSA) is 42.2 Å². The molecular weight excluding hydrogens is 304 g/mol. The molecule has 3 aromatic rings. The summed E-state index contributed by atoms with van der Waals surface area (Å²) in [7, 11) is 0. The van der Waals surface area contributed by atoms with Gasteiger partial charge in [-0.2, -0.15) is 5.10 Å². The van der Waals surface area contributed by atoms with E-state index in [1.165, 1.54) is 5.56 Å². The minimum absolute atomic E-state index is 0.740. The number of halogens is 1. The van der Waals surface area contributed by atoms with Gasteiger partial charge < -0.3 is 5.32 Å². The zero-order valence-corrected chi connectivity index (χ0v) is 12.1. The fraction of sp³-hybridized carbons (Fsp3) is 0.143. The van der Waals surface area contributed by atoms with Crippen molar-refractivity contribution in [2.45, 2.75) is 13.5 Å². The van der Waals surface area contributed by atoms with Crippen molar-refractivity contribution < 1.29 is 0 Å². The van der Waals surface area contributed by atoms with Gasteiger partial charge in [-0.15, -0.1) is 0 Å². The van der Waals surface area contributed by atoms with Crippen LogP contribution in [0.3, 0.4) is 0 Å². The van der Waals surface area contributed by atoms with Gasteiger partial charge in [-0.25, -0.2) is 9.50 Å². The standard InChI is InChI=1S/C14H13BrN4/c1-10-8-13-14(16-6-7-19(13)18-10)17-9-11-2-4-12(15)5-3-11/h2-8H,9H2,1H3,(H,16,17). The van der Waals surface area contributed by atoms with Gasteiger partial charge in [0.1, 0.15) is 5.52 Å². The third-order valence-electron chi connectivity index (χ3n) is 2.89. The van der Waals surface area contributed by atoms with Crippen molar-refractivity contribution in [2.75, 3.05) is 5.32 Å². The number of aryl methyl sites for hydroxylation is 1. The van der Waals surface area contributed by atoms with Gasteiger partial charge in [-0.05, 0) is 30.7 Å². The van der Waals surface area contributed by atoms with Gasteiger partial charge in [0, 0.05) is 23.4 Å². The maximum atomic E-state index is 4.37. The Morgan fingerprint density at radius 3 is 2.84 bits per heavy atom. The normalized spacial score (nSPS) is 10.8. The van der Waals surface area contributed by atoms with Crippen LogP contribution in [0.4, 0.5) is 5.82 Å². The smallest absolute Gasteiger partial charge is 0.152 e. The summed E-state index contributed by atoms with van der Waals surface area (Å²) in [5.41, 5.74) is 3.19. The molecule has 0 aliphatic carbocycles. The molecule has 2 heterocycles. The largest absolute Gasteiger partial charge is 0.364 e. The predicted molar refractivity (Wildman–Crippen MR) is 79.2 cm³/mol. The first-order chi connectivity index (χ1) is 9.22. The minimum Gasteiger partial charge on any atom is -0.364 e. The molecule has 0 saturated heterocycles. The van der Waals surface area contributed by atoms with Crippen LogP contribution in [0, 0.1) is 6.92 Å². The third kappa shape index (κ3) is 2.61. The molecule has 0 bridgehead atoms. The summed E-state index contributed by atoms with van der Waals surface area (Å²) in [5.74, 6) is 0.853. The quantitative estimate of drug-likeness (QED) is 0.805. The Hall–Kier alpha value is -1.88. The molecule has 1 aromatic carbocycles. The Morgan fingerprint density at radius 2 is 2.05 bits per heavy atom. The zero-order valence-electron chi connectivity index (χ0n) is 10.5. The van der Waals surface area contributed by atoms with Gasteiger partial charge >= 0.3 is 0 Å². The Bertz CT molecular complexity index is 703. The van der Waals surface area contributed by atoms with Gasteiger partial charge in [0.25, 0.3) is 0 Å². The lowest BCUT2D eigenvalue weighted by Gasteiger charge is -2.07. The highest BCUT2D eigenvalue weighted by Crippen LogP contribution is 2.16. The minimum atomic E-state index is 0.740. The zero-order chi connectivity index (χ0) is 13.2. The molecule has 0 spiro atoms. The Morgan fingerprint density at radius 1 is 1.26 bits per heavy atom. The molecule has 0 radical (unpaired) electrons. The second-order valence-corrected chi connectivity index (χ2v) is 5.29. The molecule has 0 fully saturated rings. The van der Waals surface area contributed by atoms with E-state index in [-0.39, 0.29) is 0 Å². The lowest BCUT2D eigenvalue weighted by molar-refractivity contribution is 0.920. The van der Waals surface area contributed by atoms with Crippen LogP contribution in [-0.2, 0) is 6.54 Å². The van der Waals surface area contributed by atoms with E-state index >= 15 is 0 Å². The molecule has 0 aliphatic rings. The molecule has 0 amide bonds. The number of anilines is 1. The van der Waals surface area contributed by atoms with Crippen molar-refractivity contribution in [2.24, 2.45) is 0 Å². The number of rotatable bonds is 3. The van der Waals surface area contributed by atoms with Gasteiger partial charge in [-0.1, -0.05) is 28.1 Å². The molecule has 4 nitrogen and oxygen atoms in total. The number of hydrogen-bond donors (Lipinski definition) is 1. The fourth-order valence-corrected chi connectivity index (χ4v) is 2.23. The van der Waals surface area contributed by atoms with Crippen LogP contribution in [0.25, 0.3) is 5.52 Å². The Kier molecular flexibility index (Phi) is 3.21. The average Bonchev–Trinajstić information content (AvgIpc) is 2.79. The molecule has 0 saturated carbocycles. The summed E-state index contributed by atoms with van der Waals surface area (Å²) < 4.78 is 2.93. The molecule has 96 valence electrons. The van der Waals surface area contributed by atoms with E-state index in [4.69, 9.17) is 0 Å². The molecule has 1 N–H and O–H groups in total. The molecule has 0 unspecified atom stereocenters. The number of benzene rings is 1. The Balaban J connectivity index is 1.83. The molecule has 2 aromatic heterocycles. The van der Waals surface area contributed by atoms with E-state index in [1.807, 2.05) is 35.8 Å². The van der Waals surface area contributed by atoms with Gasteiger partial charge in [0.15, 0.2) is 5.82 Å². The first-order valence-corrected chi connectivity index (χ1v) is 6.81. The Labute approximate surface area is 119 Å². The van der Waals surface area contributed by atoms with E-state index in [0.29, 0.717) is 0 Å². The summed E-state index contributed by atoms with van der Waals surface area (Å²) in [6.45, 7) is 2.72. The average molecular weight is 317 g/mol. The summed E-state index contributed by atoms with van der Waals surface area (Å²) in [4.78, 5) is 4.37. The number of nitrogens with zero attached hydrogens (tertiary/aromatic N) is 3. The summed E-state index contributed by atoms with van der Waals surface area (Å²) in [5, 5.41) is 7.72. The van der Waals surface area contributed by atoms with Crippen LogP contribution in [-0.4, -0.2) is 14.6 Å². The van der Waals surface area contributed by atoms with Crippen LogP contribution in [0.1, 0.15) is 11.3 Å². The molecule has 0 atom stereocenters. The second kappa shape index (κ2) is 5.01. The van der Waals surface area contributed by atoms with E-state index < -0.39 is 0 Å². The van der Waals surface area contributed by atoms with Gasteiger partial charge in [0.05, 0.1) is 5.69 Å². The maximum Gasteiger partial charge on any atom is 0.152 e.